The molecule has 0 unspecified atom stereocenters. The third kappa shape index (κ3) is 8.57. The predicted molar refractivity (Wildman–Crippen MR) is 121 cm³/mol. The first-order valence-corrected chi connectivity index (χ1v) is 11.3. The summed E-state index contributed by atoms with van der Waals surface area (Å²) in [6.45, 7) is 7.69. The van der Waals surface area contributed by atoms with Gasteiger partial charge in [0.15, 0.2) is 9.84 Å². The van der Waals surface area contributed by atoms with Crippen molar-refractivity contribution in [2.75, 3.05) is 6.61 Å². The molecular weight excluding hydrogens is 414 g/mol. The largest absolute Gasteiger partial charge is 0.481 e. The SMILES string of the molecule is CC#CCOc1ccc(S(=O)(=O)C=Cc2ccc(CNC(=O)OC(C)(C)C)cc2)cc1. The summed E-state index contributed by atoms with van der Waals surface area (Å²) < 4.78 is 35.6. The summed E-state index contributed by atoms with van der Waals surface area (Å²) >= 11 is 0. The van der Waals surface area contributed by atoms with E-state index in [1.807, 2.05) is 12.1 Å². The van der Waals surface area contributed by atoms with Crippen molar-refractivity contribution in [3.63, 3.8) is 0 Å². The van der Waals surface area contributed by atoms with Crippen LogP contribution in [0.1, 0.15) is 38.8 Å². The van der Waals surface area contributed by atoms with E-state index in [1.165, 1.54) is 23.6 Å². The third-order valence-electron chi connectivity index (χ3n) is 3.90. The van der Waals surface area contributed by atoms with Crippen molar-refractivity contribution in [2.45, 2.75) is 44.7 Å². The number of rotatable bonds is 7. The van der Waals surface area contributed by atoms with E-state index in [0.717, 1.165) is 11.1 Å². The van der Waals surface area contributed by atoms with Crippen molar-refractivity contribution in [1.82, 2.24) is 5.32 Å². The molecule has 0 spiro atoms. The van der Waals surface area contributed by atoms with Crippen LogP contribution in [0.25, 0.3) is 6.08 Å². The molecule has 0 aliphatic heterocycles. The van der Waals surface area contributed by atoms with Crippen LogP contribution in [0.2, 0.25) is 0 Å². The van der Waals surface area contributed by atoms with Gasteiger partial charge in [-0.1, -0.05) is 30.2 Å². The Morgan fingerprint density at radius 1 is 1.06 bits per heavy atom. The second-order valence-electron chi connectivity index (χ2n) is 7.63. The van der Waals surface area contributed by atoms with E-state index in [-0.39, 0.29) is 11.5 Å². The molecule has 6 nitrogen and oxygen atoms in total. The number of carbonyl (C=O) groups is 1. The molecule has 7 heteroatoms. The van der Waals surface area contributed by atoms with Crippen molar-refractivity contribution in [2.24, 2.45) is 0 Å². The summed E-state index contributed by atoms with van der Waals surface area (Å²) in [4.78, 5) is 11.9. The van der Waals surface area contributed by atoms with E-state index in [0.29, 0.717) is 12.3 Å². The number of alkyl carbamates (subject to hydrolysis) is 1. The first-order chi connectivity index (χ1) is 14.6. The smallest absolute Gasteiger partial charge is 0.407 e. The number of hydrogen-bond donors (Lipinski definition) is 1. The summed E-state index contributed by atoms with van der Waals surface area (Å²) in [5.41, 5.74) is 1.04. The van der Waals surface area contributed by atoms with Crippen LogP contribution in [0.3, 0.4) is 0 Å². The van der Waals surface area contributed by atoms with Crippen molar-refractivity contribution in [3.8, 4) is 17.6 Å². The molecule has 164 valence electrons. The molecule has 31 heavy (non-hydrogen) atoms. The van der Waals surface area contributed by atoms with Crippen LogP contribution in [0.4, 0.5) is 4.79 Å². The number of sulfone groups is 1. The van der Waals surface area contributed by atoms with E-state index in [4.69, 9.17) is 9.47 Å². The molecule has 0 saturated heterocycles. The van der Waals surface area contributed by atoms with E-state index < -0.39 is 21.5 Å². The molecule has 0 fully saturated rings. The van der Waals surface area contributed by atoms with Gasteiger partial charge in [0.25, 0.3) is 0 Å². The molecule has 1 amide bonds. The fourth-order valence-corrected chi connectivity index (χ4v) is 3.41. The lowest BCUT2D eigenvalue weighted by Gasteiger charge is -2.19. The van der Waals surface area contributed by atoms with Crippen LogP contribution >= 0.6 is 0 Å². The molecule has 2 rings (SSSR count). The first-order valence-electron chi connectivity index (χ1n) is 9.70. The van der Waals surface area contributed by atoms with E-state index in [2.05, 4.69) is 17.2 Å². The van der Waals surface area contributed by atoms with Gasteiger partial charge in [-0.05, 0) is 69.2 Å². The van der Waals surface area contributed by atoms with Gasteiger partial charge in [-0.3, -0.25) is 0 Å². The standard InChI is InChI=1S/C24H27NO5S/c1-5-6-16-29-21-11-13-22(14-12-21)31(27,28)17-15-19-7-9-20(10-8-19)18-25-23(26)30-24(2,3)4/h7-15,17H,16,18H2,1-4H3,(H,25,26). The monoisotopic (exact) mass is 441 g/mol. The van der Waals surface area contributed by atoms with Crippen LogP contribution < -0.4 is 10.1 Å². The van der Waals surface area contributed by atoms with Crippen LogP contribution in [-0.2, 0) is 21.1 Å². The molecule has 2 aromatic rings. The molecule has 1 N–H and O–H groups in total. The Hall–Kier alpha value is -3.24. The average Bonchev–Trinajstić information content (AvgIpc) is 2.71. The summed E-state index contributed by atoms with van der Waals surface area (Å²) in [5.74, 6) is 6.06. The highest BCUT2D eigenvalue weighted by Crippen LogP contribution is 2.19. The maximum absolute atomic E-state index is 12.5. The third-order valence-corrected chi connectivity index (χ3v) is 5.32. The zero-order valence-electron chi connectivity index (χ0n) is 18.1. The molecule has 0 aromatic heterocycles. The number of hydrogen-bond acceptors (Lipinski definition) is 5. The van der Waals surface area contributed by atoms with Crippen LogP contribution in [0.5, 0.6) is 5.75 Å². The minimum Gasteiger partial charge on any atom is -0.481 e. The Morgan fingerprint density at radius 2 is 1.71 bits per heavy atom. The fourth-order valence-electron chi connectivity index (χ4n) is 2.40. The fraction of sp³-hybridized carbons (Fsp3) is 0.292. The van der Waals surface area contributed by atoms with Gasteiger partial charge in [-0.25, -0.2) is 13.2 Å². The van der Waals surface area contributed by atoms with Crippen molar-refractivity contribution in [3.05, 3.63) is 65.1 Å². The molecule has 0 atom stereocenters. The number of benzene rings is 2. The van der Waals surface area contributed by atoms with E-state index in [1.54, 1.807) is 52.0 Å². The van der Waals surface area contributed by atoms with E-state index in [9.17, 15) is 13.2 Å². The normalized spacial score (nSPS) is 11.5. The van der Waals surface area contributed by atoms with Gasteiger partial charge < -0.3 is 14.8 Å². The zero-order chi connectivity index (χ0) is 22.9. The van der Waals surface area contributed by atoms with Crippen LogP contribution in [0, 0.1) is 11.8 Å². The van der Waals surface area contributed by atoms with Crippen molar-refractivity contribution >= 4 is 22.0 Å². The molecule has 0 heterocycles. The highest BCUT2D eigenvalue weighted by atomic mass is 32.2. The molecule has 0 aliphatic carbocycles. The lowest BCUT2D eigenvalue weighted by atomic mass is 10.1. The topological polar surface area (TPSA) is 81.7 Å². The van der Waals surface area contributed by atoms with Gasteiger partial charge in [-0.15, -0.1) is 5.92 Å². The van der Waals surface area contributed by atoms with Gasteiger partial charge in [-0.2, -0.15) is 0 Å². The Bertz CT molecular complexity index is 1070. The Labute approximate surface area is 184 Å². The maximum Gasteiger partial charge on any atom is 0.407 e. The Kier molecular flexibility index (Phi) is 8.29. The first kappa shape index (κ1) is 24.0. The molecule has 0 aliphatic rings. The molecular formula is C24H27NO5S. The minimum atomic E-state index is -3.59. The predicted octanol–water partition coefficient (Wildman–Crippen LogP) is 4.56. The highest BCUT2D eigenvalue weighted by Gasteiger charge is 2.15. The van der Waals surface area contributed by atoms with Crippen molar-refractivity contribution < 1.29 is 22.7 Å². The molecule has 0 bridgehead atoms. The zero-order valence-corrected chi connectivity index (χ0v) is 19.0. The van der Waals surface area contributed by atoms with Gasteiger partial charge in [0.2, 0.25) is 0 Å². The minimum absolute atomic E-state index is 0.177. The summed E-state index contributed by atoms with van der Waals surface area (Å²) in [5, 5.41) is 3.85. The number of nitrogens with one attached hydrogen (secondary N) is 1. The molecule has 0 radical (unpaired) electrons. The van der Waals surface area contributed by atoms with Gasteiger partial charge in [0.05, 0.1) is 4.90 Å². The van der Waals surface area contributed by atoms with Gasteiger partial charge >= 0.3 is 6.09 Å². The lowest BCUT2D eigenvalue weighted by Crippen LogP contribution is -2.32. The molecule has 0 saturated carbocycles. The second-order valence-corrected chi connectivity index (χ2v) is 9.47. The number of carbonyl (C=O) groups excluding carboxylic acids is 1. The Balaban J connectivity index is 1.96. The summed E-state index contributed by atoms with van der Waals surface area (Å²) in [6, 6.07) is 13.4. The van der Waals surface area contributed by atoms with Gasteiger partial charge in [0.1, 0.15) is 18.0 Å². The number of ether oxygens (including phenoxy) is 2. The van der Waals surface area contributed by atoms with Crippen LogP contribution in [-0.4, -0.2) is 26.7 Å². The Morgan fingerprint density at radius 3 is 2.29 bits per heavy atom. The average molecular weight is 442 g/mol. The van der Waals surface area contributed by atoms with E-state index >= 15 is 0 Å². The van der Waals surface area contributed by atoms with Gasteiger partial charge in [0, 0.05) is 12.0 Å². The summed E-state index contributed by atoms with van der Waals surface area (Å²) in [6.07, 6.45) is 1.04. The highest BCUT2D eigenvalue weighted by molar-refractivity contribution is 7.94. The molecule has 2 aromatic carbocycles. The van der Waals surface area contributed by atoms with Crippen LogP contribution in [0.15, 0.2) is 58.8 Å². The van der Waals surface area contributed by atoms with Crippen molar-refractivity contribution in [1.29, 1.82) is 0 Å². The summed E-state index contributed by atoms with van der Waals surface area (Å²) in [7, 11) is -3.59. The quantitative estimate of drug-likeness (QED) is 0.637. The lowest BCUT2D eigenvalue weighted by molar-refractivity contribution is 0.0523. The maximum atomic E-state index is 12.5. The second kappa shape index (κ2) is 10.7. The number of amides is 1.